The molecule has 1 atom stereocenters. The molecule has 14 heavy (non-hydrogen) atoms. The Bertz CT molecular complexity index is 235. The van der Waals surface area contributed by atoms with E-state index in [2.05, 4.69) is 11.3 Å². The molecule has 0 rings (SSSR count). The fourth-order valence-corrected chi connectivity index (χ4v) is 0.982. The van der Waals surface area contributed by atoms with Gasteiger partial charge in [0, 0.05) is 6.42 Å². The van der Waals surface area contributed by atoms with E-state index in [1.165, 1.54) is 6.08 Å². The Morgan fingerprint density at radius 2 is 2.14 bits per heavy atom. The maximum absolute atomic E-state index is 11.2. The van der Waals surface area contributed by atoms with Gasteiger partial charge in [-0.2, -0.15) is 0 Å². The van der Waals surface area contributed by atoms with Gasteiger partial charge < -0.3 is 14.9 Å². The van der Waals surface area contributed by atoms with Crippen LogP contribution in [0.25, 0.3) is 0 Å². The number of carbonyl (C=O) groups excluding carboxylic acids is 1. The standard InChI is InChI=1S/C9H14O5/c1-3-5-9(13,6-7(10)11)8(12)14-4-2/h3,13H,1,4-6H2,2H3,(H,10,11). The lowest BCUT2D eigenvalue weighted by Crippen LogP contribution is -2.41. The first-order valence-corrected chi connectivity index (χ1v) is 4.18. The zero-order chi connectivity index (χ0) is 11.2. The molecule has 0 aromatic rings. The maximum Gasteiger partial charge on any atom is 0.339 e. The summed E-state index contributed by atoms with van der Waals surface area (Å²) < 4.78 is 4.56. The van der Waals surface area contributed by atoms with E-state index < -0.39 is 24.0 Å². The van der Waals surface area contributed by atoms with E-state index in [9.17, 15) is 14.7 Å². The van der Waals surface area contributed by atoms with Gasteiger partial charge in [-0.05, 0) is 6.92 Å². The van der Waals surface area contributed by atoms with Crippen LogP contribution in [-0.4, -0.2) is 34.4 Å². The molecule has 80 valence electrons. The fraction of sp³-hybridized carbons (Fsp3) is 0.556. The topological polar surface area (TPSA) is 83.8 Å². The van der Waals surface area contributed by atoms with Gasteiger partial charge in [0.05, 0.1) is 13.0 Å². The van der Waals surface area contributed by atoms with Crippen LogP contribution in [0.5, 0.6) is 0 Å². The van der Waals surface area contributed by atoms with Gasteiger partial charge in [-0.15, -0.1) is 6.58 Å². The van der Waals surface area contributed by atoms with Crippen LogP contribution >= 0.6 is 0 Å². The van der Waals surface area contributed by atoms with Crippen molar-refractivity contribution in [2.24, 2.45) is 0 Å². The largest absolute Gasteiger partial charge is 0.481 e. The number of ether oxygens (including phenoxy) is 1. The minimum Gasteiger partial charge on any atom is -0.481 e. The number of carbonyl (C=O) groups is 2. The number of carboxylic acid groups (broad SMARTS) is 1. The average molecular weight is 202 g/mol. The van der Waals surface area contributed by atoms with Crippen LogP contribution in [-0.2, 0) is 14.3 Å². The molecule has 0 aliphatic rings. The van der Waals surface area contributed by atoms with Crippen LogP contribution in [0.2, 0.25) is 0 Å². The predicted molar refractivity (Wildman–Crippen MR) is 48.6 cm³/mol. The fourth-order valence-electron chi connectivity index (χ4n) is 0.982. The maximum atomic E-state index is 11.2. The normalized spacial score (nSPS) is 14.1. The highest BCUT2D eigenvalue weighted by Gasteiger charge is 2.38. The Balaban J connectivity index is 4.59. The molecule has 0 saturated heterocycles. The minimum atomic E-state index is -2.00. The highest BCUT2D eigenvalue weighted by Crippen LogP contribution is 2.18. The molecule has 0 bridgehead atoms. The summed E-state index contributed by atoms with van der Waals surface area (Å²) in [6.45, 7) is 5.01. The van der Waals surface area contributed by atoms with Gasteiger partial charge in [-0.3, -0.25) is 4.79 Å². The SMILES string of the molecule is C=CCC(O)(CC(=O)O)C(=O)OCC. The molecule has 0 aliphatic heterocycles. The molecule has 5 nitrogen and oxygen atoms in total. The Labute approximate surface area is 82.0 Å². The molecule has 0 saturated carbocycles. The molecule has 2 N–H and O–H groups in total. The quantitative estimate of drug-likeness (QED) is 0.479. The molecule has 0 radical (unpaired) electrons. The van der Waals surface area contributed by atoms with Gasteiger partial charge in [-0.1, -0.05) is 6.08 Å². The first-order valence-electron chi connectivity index (χ1n) is 4.18. The Hall–Kier alpha value is -1.36. The van der Waals surface area contributed by atoms with Crippen LogP contribution in [0.4, 0.5) is 0 Å². The first-order chi connectivity index (χ1) is 6.46. The lowest BCUT2D eigenvalue weighted by molar-refractivity contribution is -0.170. The van der Waals surface area contributed by atoms with Crippen molar-refractivity contribution in [3.63, 3.8) is 0 Å². The monoisotopic (exact) mass is 202 g/mol. The summed E-state index contributed by atoms with van der Waals surface area (Å²) in [7, 11) is 0. The van der Waals surface area contributed by atoms with Crippen LogP contribution in [0.15, 0.2) is 12.7 Å². The molecule has 1 unspecified atom stereocenters. The van der Waals surface area contributed by atoms with Gasteiger partial charge in [0.2, 0.25) is 0 Å². The molecule has 0 amide bonds. The molecule has 0 spiro atoms. The number of aliphatic hydroxyl groups is 1. The summed E-state index contributed by atoms with van der Waals surface area (Å²) in [4.78, 5) is 21.6. The summed E-state index contributed by atoms with van der Waals surface area (Å²) in [5, 5.41) is 18.1. The summed E-state index contributed by atoms with van der Waals surface area (Å²) in [5.74, 6) is -2.19. The van der Waals surface area contributed by atoms with Crippen LogP contribution < -0.4 is 0 Å². The number of hydrogen-bond donors (Lipinski definition) is 2. The van der Waals surface area contributed by atoms with Crippen molar-refractivity contribution in [1.82, 2.24) is 0 Å². The number of hydrogen-bond acceptors (Lipinski definition) is 4. The van der Waals surface area contributed by atoms with E-state index >= 15 is 0 Å². The van der Waals surface area contributed by atoms with Crippen molar-refractivity contribution < 1.29 is 24.5 Å². The molecule has 0 aromatic carbocycles. The number of aliphatic carboxylic acids is 1. The van der Waals surface area contributed by atoms with Crippen molar-refractivity contribution in [2.75, 3.05) is 6.61 Å². The Morgan fingerprint density at radius 3 is 2.50 bits per heavy atom. The van der Waals surface area contributed by atoms with Crippen LogP contribution in [0.1, 0.15) is 19.8 Å². The highest BCUT2D eigenvalue weighted by atomic mass is 16.5. The van der Waals surface area contributed by atoms with E-state index in [0.717, 1.165) is 0 Å². The molecule has 0 aliphatic carbocycles. The Kier molecular flexibility index (Phi) is 4.86. The minimum absolute atomic E-state index is 0.0951. The number of carboxylic acids is 1. The van der Waals surface area contributed by atoms with Crippen molar-refractivity contribution in [3.8, 4) is 0 Å². The van der Waals surface area contributed by atoms with Gasteiger partial charge in [0.15, 0.2) is 5.60 Å². The number of rotatable bonds is 6. The van der Waals surface area contributed by atoms with E-state index in [0.29, 0.717) is 0 Å². The first kappa shape index (κ1) is 12.6. The van der Waals surface area contributed by atoms with E-state index in [1.807, 2.05) is 0 Å². The van der Waals surface area contributed by atoms with Gasteiger partial charge >= 0.3 is 11.9 Å². The zero-order valence-electron chi connectivity index (χ0n) is 8.02. The molecule has 0 heterocycles. The average Bonchev–Trinajstić information content (AvgIpc) is 2.03. The van der Waals surface area contributed by atoms with Gasteiger partial charge in [0.1, 0.15) is 0 Å². The zero-order valence-corrected chi connectivity index (χ0v) is 8.02. The third kappa shape index (κ3) is 3.57. The molecular weight excluding hydrogens is 188 g/mol. The second-order valence-corrected chi connectivity index (χ2v) is 2.82. The molecule has 0 fully saturated rings. The van der Waals surface area contributed by atoms with E-state index in [1.54, 1.807) is 6.92 Å². The van der Waals surface area contributed by atoms with Gasteiger partial charge in [0.25, 0.3) is 0 Å². The summed E-state index contributed by atoms with van der Waals surface area (Å²) in [6, 6.07) is 0. The molecular formula is C9H14O5. The second kappa shape index (κ2) is 5.39. The molecule has 5 heteroatoms. The second-order valence-electron chi connectivity index (χ2n) is 2.82. The van der Waals surface area contributed by atoms with Crippen molar-refractivity contribution in [3.05, 3.63) is 12.7 Å². The van der Waals surface area contributed by atoms with Crippen molar-refractivity contribution >= 4 is 11.9 Å². The van der Waals surface area contributed by atoms with Crippen molar-refractivity contribution in [2.45, 2.75) is 25.4 Å². The molecule has 0 aromatic heterocycles. The number of esters is 1. The summed E-state index contributed by atoms with van der Waals surface area (Å²) >= 11 is 0. The third-order valence-corrected chi connectivity index (χ3v) is 1.58. The predicted octanol–water partition coefficient (Wildman–Crippen LogP) is 0.331. The van der Waals surface area contributed by atoms with Crippen LogP contribution in [0.3, 0.4) is 0 Å². The van der Waals surface area contributed by atoms with E-state index in [-0.39, 0.29) is 13.0 Å². The van der Waals surface area contributed by atoms with Gasteiger partial charge in [-0.25, -0.2) is 4.79 Å². The Morgan fingerprint density at radius 1 is 1.57 bits per heavy atom. The summed E-state index contributed by atoms with van der Waals surface area (Å²) in [5.41, 5.74) is -2.00. The summed E-state index contributed by atoms with van der Waals surface area (Å²) in [6.07, 6.45) is 0.454. The third-order valence-electron chi connectivity index (χ3n) is 1.58. The highest BCUT2D eigenvalue weighted by molar-refractivity contribution is 5.85. The van der Waals surface area contributed by atoms with E-state index in [4.69, 9.17) is 5.11 Å². The van der Waals surface area contributed by atoms with Crippen molar-refractivity contribution in [1.29, 1.82) is 0 Å². The van der Waals surface area contributed by atoms with Crippen LogP contribution in [0, 0.1) is 0 Å². The lowest BCUT2D eigenvalue weighted by Gasteiger charge is -2.22. The lowest BCUT2D eigenvalue weighted by atomic mass is 9.96. The smallest absolute Gasteiger partial charge is 0.339 e.